The van der Waals surface area contributed by atoms with Gasteiger partial charge in [-0.25, -0.2) is 0 Å². The number of likely N-dealkylation sites (N-methyl/N-ethyl adjacent to an activating group) is 1. The van der Waals surface area contributed by atoms with Gasteiger partial charge in [-0.15, -0.1) is 0 Å². The van der Waals surface area contributed by atoms with E-state index in [1.54, 1.807) is 0 Å². The number of nitrogens with zero attached hydrogens (tertiary/aromatic N) is 1. The monoisotopic (exact) mass is 273 g/mol. The van der Waals surface area contributed by atoms with Crippen LogP contribution in [0.2, 0.25) is 0 Å². The first-order valence-electron chi connectivity index (χ1n) is 5.87. The second-order valence-corrected chi connectivity index (χ2v) is 6.35. The lowest BCUT2D eigenvalue weighted by Gasteiger charge is -2.13. The highest BCUT2D eigenvalue weighted by Gasteiger charge is 1.98. The summed E-state index contributed by atoms with van der Waals surface area (Å²) in [7, 11) is 5.94. The van der Waals surface area contributed by atoms with Crippen LogP contribution in [0.4, 0.5) is 0 Å². The van der Waals surface area contributed by atoms with Crippen molar-refractivity contribution in [2.24, 2.45) is 0 Å². The zero-order valence-corrected chi connectivity index (χ0v) is 12.8. The summed E-state index contributed by atoms with van der Waals surface area (Å²) in [5, 5.41) is 2.21. The quantitative estimate of drug-likeness (QED) is 0.374. The molecule has 0 spiro atoms. The maximum absolute atomic E-state index is 3.75. The van der Waals surface area contributed by atoms with E-state index in [2.05, 4.69) is 48.5 Å². The highest BCUT2D eigenvalue weighted by atomic mass is 33.1. The molecular weight excluding hydrogens is 248 g/mol. The average Bonchev–Trinajstić information content (AvgIpc) is 2.34. The SMILES string of the molecule is C=CC(/C=C\[NH2+]CCN(C)CCSSC)=C/C. The lowest BCUT2D eigenvalue weighted by atomic mass is 10.2. The molecule has 0 rings (SSSR count). The van der Waals surface area contributed by atoms with E-state index in [4.69, 9.17) is 0 Å². The maximum atomic E-state index is 3.75. The number of nitrogens with two attached hydrogens (primary N) is 1. The van der Waals surface area contributed by atoms with Crippen LogP contribution >= 0.6 is 21.6 Å². The maximum Gasteiger partial charge on any atom is 0.0931 e. The molecule has 0 heterocycles. The molecule has 4 heteroatoms. The minimum Gasteiger partial charge on any atom is -0.319 e. The van der Waals surface area contributed by atoms with Crippen molar-refractivity contribution in [2.75, 3.05) is 38.7 Å². The van der Waals surface area contributed by atoms with Crippen molar-refractivity contribution in [1.82, 2.24) is 4.90 Å². The van der Waals surface area contributed by atoms with Crippen LogP contribution in [0.5, 0.6) is 0 Å². The smallest absolute Gasteiger partial charge is 0.0931 e. The van der Waals surface area contributed by atoms with Gasteiger partial charge in [-0.05, 0) is 31.9 Å². The van der Waals surface area contributed by atoms with Crippen molar-refractivity contribution < 1.29 is 5.32 Å². The van der Waals surface area contributed by atoms with Crippen molar-refractivity contribution in [3.05, 3.63) is 36.6 Å². The van der Waals surface area contributed by atoms with Gasteiger partial charge in [0.1, 0.15) is 0 Å². The lowest BCUT2D eigenvalue weighted by molar-refractivity contribution is -0.587. The fourth-order valence-electron chi connectivity index (χ4n) is 1.24. The van der Waals surface area contributed by atoms with E-state index in [9.17, 15) is 0 Å². The predicted molar refractivity (Wildman–Crippen MR) is 83.4 cm³/mol. The Labute approximate surface area is 114 Å². The van der Waals surface area contributed by atoms with Crippen LogP contribution in [-0.2, 0) is 0 Å². The standard InChI is InChI=1S/C13H24N2S2/c1-5-13(6-2)7-8-14-9-10-15(3)11-12-17-16-4/h5-8,14H,1,9-12H2,2-4H3/p+1/b8-7-,13-6-. The summed E-state index contributed by atoms with van der Waals surface area (Å²) >= 11 is 0. The Morgan fingerprint density at radius 2 is 2.18 bits per heavy atom. The molecule has 0 aromatic rings. The van der Waals surface area contributed by atoms with E-state index in [0.717, 1.165) is 19.6 Å². The van der Waals surface area contributed by atoms with E-state index in [-0.39, 0.29) is 0 Å². The van der Waals surface area contributed by atoms with E-state index in [0.29, 0.717) is 0 Å². The molecule has 0 fully saturated rings. The molecule has 0 aliphatic carbocycles. The van der Waals surface area contributed by atoms with Gasteiger partial charge >= 0.3 is 0 Å². The van der Waals surface area contributed by atoms with E-state index in [1.165, 1.54) is 11.3 Å². The van der Waals surface area contributed by atoms with Gasteiger partial charge in [-0.1, -0.05) is 40.3 Å². The van der Waals surface area contributed by atoms with Crippen LogP contribution in [0.25, 0.3) is 0 Å². The van der Waals surface area contributed by atoms with Crippen LogP contribution in [-0.4, -0.2) is 43.6 Å². The second kappa shape index (κ2) is 12.3. The molecule has 0 unspecified atom stereocenters. The third-order valence-electron chi connectivity index (χ3n) is 2.35. The number of rotatable bonds is 10. The van der Waals surface area contributed by atoms with Gasteiger partial charge in [-0.3, -0.25) is 0 Å². The lowest BCUT2D eigenvalue weighted by Crippen LogP contribution is -2.79. The molecule has 0 bridgehead atoms. The Bertz CT molecular complexity index is 250. The molecule has 2 nitrogen and oxygen atoms in total. The van der Waals surface area contributed by atoms with Gasteiger partial charge in [0.25, 0.3) is 0 Å². The summed E-state index contributed by atoms with van der Waals surface area (Å²) in [5.74, 6) is 1.20. The summed E-state index contributed by atoms with van der Waals surface area (Å²) in [5.41, 5.74) is 1.17. The predicted octanol–water partition coefficient (Wildman–Crippen LogP) is 2.14. The molecule has 0 saturated carbocycles. The van der Waals surface area contributed by atoms with Gasteiger partial charge in [0, 0.05) is 18.8 Å². The van der Waals surface area contributed by atoms with E-state index >= 15 is 0 Å². The minimum absolute atomic E-state index is 1.10. The van der Waals surface area contributed by atoms with E-state index in [1.807, 2.05) is 34.6 Å². The molecule has 0 aliphatic heterocycles. The van der Waals surface area contributed by atoms with Crippen molar-refractivity contribution in [3.63, 3.8) is 0 Å². The fourth-order valence-corrected chi connectivity index (χ4v) is 2.52. The number of hydrogen-bond donors (Lipinski definition) is 1. The van der Waals surface area contributed by atoms with E-state index < -0.39 is 0 Å². The molecule has 0 aromatic carbocycles. The first kappa shape index (κ1) is 16.8. The topological polar surface area (TPSA) is 19.9 Å². The highest BCUT2D eigenvalue weighted by Crippen LogP contribution is 2.15. The Balaban J connectivity index is 3.53. The van der Waals surface area contributed by atoms with Crippen LogP contribution in [0.1, 0.15) is 6.92 Å². The molecular formula is C13H25N2S2+. The molecule has 17 heavy (non-hydrogen) atoms. The summed E-state index contributed by atoms with van der Waals surface area (Å²) in [6.45, 7) is 9.17. The van der Waals surface area contributed by atoms with Crippen LogP contribution in [0.3, 0.4) is 0 Å². The number of allylic oxidation sites excluding steroid dienone is 4. The Hall–Kier alpha value is -0.160. The molecule has 2 N–H and O–H groups in total. The second-order valence-electron chi connectivity index (χ2n) is 3.67. The van der Waals surface area contributed by atoms with Crippen molar-refractivity contribution >= 4 is 21.6 Å². The molecule has 0 aromatic heterocycles. The first-order valence-corrected chi connectivity index (χ1v) is 8.60. The van der Waals surface area contributed by atoms with Crippen LogP contribution < -0.4 is 5.32 Å². The fraction of sp³-hybridized carbons (Fsp3) is 0.538. The average molecular weight is 273 g/mol. The normalized spacial score (nSPS) is 12.6. The molecule has 0 amide bonds. The summed E-state index contributed by atoms with van der Waals surface area (Å²) in [6.07, 6.45) is 10.3. The molecule has 0 atom stereocenters. The van der Waals surface area contributed by atoms with Gasteiger partial charge in [0.05, 0.1) is 12.7 Å². The third kappa shape index (κ3) is 10.7. The van der Waals surface area contributed by atoms with Crippen LogP contribution in [0, 0.1) is 0 Å². The van der Waals surface area contributed by atoms with Crippen molar-refractivity contribution in [2.45, 2.75) is 6.92 Å². The zero-order valence-electron chi connectivity index (χ0n) is 11.2. The minimum atomic E-state index is 1.10. The van der Waals surface area contributed by atoms with Crippen molar-refractivity contribution in [3.8, 4) is 0 Å². The van der Waals surface area contributed by atoms with Crippen molar-refractivity contribution in [1.29, 1.82) is 0 Å². The van der Waals surface area contributed by atoms with Gasteiger partial charge in [0.15, 0.2) is 0 Å². The summed E-state index contributed by atoms with van der Waals surface area (Å²) < 4.78 is 0. The zero-order chi connectivity index (χ0) is 12.9. The summed E-state index contributed by atoms with van der Waals surface area (Å²) in [6, 6.07) is 0. The molecule has 98 valence electrons. The largest absolute Gasteiger partial charge is 0.319 e. The molecule has 0 saturated heterocycles. The first-order chi connectivity index (χ1) is 8.24. The molecule has 0 radical (unpaired) electrons. The number of quaternary nitrogens is 1. The van der Waals surface area contributed by atoms with Gasteiger partial charge < -0.3 is 10.2 Å². The highest BCUT2D eigenvalue weighted by molar-refractivity contribution is 8.76. The Morgan fingerprint density at radius 1 is 1.41 bits per heavy atom. The Kier molecular flexibility index (Phi) is 12.2. The number of hydrogen-bond acceptors (Lipinski definition) is 3. The third-order valence-corrected chi connectivity index (χ3v) is 4.14. The van der Waals surface area contributed by atoms with Crippen LogP contribution in [0.15, 0.2) is 36.6 Å². The molecule has 0 aliphatic rings. The summed E-state index contributed by atoms with van der Waals surface area (Å²) in [4.78, 5) is 2.37. The Morgan fingerprint density at radius 3 is 2.76 bits per heavy atom. The van der Waals surface area contributed by atoms with Gasteiger partial charge in [-0.2, -0.15) is 0 Å². The van der Waals surface area contributed by atoms with Gasteiger partial charge in [0.2, 0.25) is 0 Å².